The van der Waals surface area contributed by atoms with Gasteiger partial charge in [-0.3, -0.25) is 4.79 Å². The highest BCUT2D eigenvalue weighted by Crippen LogP contribution is 2.47. The van der Waals surface area contributed by atoms with Crippen LogP contribution >= 0.6 is 0 Å². The van der Waals surface area contributed by atoms with Gasteiger partial charge in [-0.2, -0.15) is 0 Å². The molecule has 0 unspecified atom stereocenters. The minimum absolute atomic E-state index is 0.0736. The summed E-state index contributed by atoms with van der Waals surface area (Å²) in [6, 6.07) is 0. The first-order valence-electron chi connectivity index (χ1n) is 7.47. The lowest BCUT2D eigenvalue weighted by Gasteiger charge is -2.55. The maximum atomic E-state index is 11.3. The Labute approximate surface area is 120 Å². The van der Waals surface area contributed by atoms with E-state index in [2.05, 4.69) is 0 Å². The molecule has 2 saturated heterocycles. The molecule has 20 heavy (non-hydrogen) atoms. The molecule has 5 nitrogen and oxygen atoms in total. The van der Waals surface area contributed by atoms with Crippen LogP contribution in [0.3, 0.4) is 0 Å². The molecular weight excluding hydrogens is 260 g/mol. The average molecular weight is 286 g/mol. The first-order chi connectivity index (χ1) is 9.26. The van der Waals surface area contributed by atoms with Crippen molar-refractivity contribution in [2.24, 2.45) is 11.8 Å². The second-order valence-corrected chi connectivity index (χ2v) is 6.34. The number of carbonyl (C=O) groups excluding carboxylic acids is 1. The lowest BCUT2D eigenvalue weighted by Crippen LogP contribution is -2.64. The van der Waals surface area contributed by atoms with Gasteiger partial charge in [0.25, 0.3) is 0 Å². The first-order valence-corrected chi connectivity index (χ1v) is 7.47. The van der Waals surface area contributed by atoms with E-state index in [0.717, 1.165) is 0 Å². The third kappa shape index (κ3) is 2.71. The van der Waals surface area contributed by atoms with E-state index in [9.17, 15) is 9.90 Å². The van der Waals surface area contributed by atoms with Crippen molar-refractivity contribution in [2.75, 3.05) is 0 Å². The zero-order valence-corrected chi connectivity index (χ0v) is 13.0. The van der Waals surface area contributed by atoms with Crippen LogP contribution in [0.15, 0.2) is 0 Å². The number of carbonyl (C=O) groups is 1. The Bertz CT molecular complexity index is 367. The fourth-order valence-electron chi connectivity index (χ4n) is 3.56. The molecule has 2 fully saturated rings. The summed E-state index contributed by atoms with van der Waals surface area (Å²) < 4.78 is 17.7. The van der Waals surface area contributed by atoms with Gasteiger partial charge in [0.05, 0.1) is 18.3 Å². The van der Waals surface area contributed by atoms with E-state index in [-0.39, 0.29) is 36.1 Å². The van der Waals surface area contributed by atoms with Crippen molar-refractivity contribution in [1.82, 2.24) is 0 Å². The van der Waals surface area contributed by atoms with Crippen LogP contribution in [0.25, 0.3) is 0 Å². The zero-order valence-electron chi connectivity index (χ0n) is 13.0. The average Bonchev–Trinajstić information content (AvgIpc) is 2.31. The highest BCUT2D eigenvalue weighted by atomic mass is 16.7. The quantitative estimate of drug-likeness (QED) is 0.745. The van der Waals surface area contributed by atoms with Gasteiger partial charge in [-0.1, -0.05) is 13.8 Å². The smallest absolute Gasteiger partial charge is 0.302 e. The predicted octanol–water partition coefficient (Wildman–Crippen LogP) is 1.87. The number of ether oxygens (including phenoxy) is 3. The van der Waals surface area contributed by atoms with Gasteiger partial charge in [-0.15, -0.1) is 0 Å². The molecule has 2 aliphatic heterocycles. The molecule has 5 heteroatoms. The summed E-state index contributed by atoms with van der Waals surface area (Å²) in [5.74, 6) is -1.44. The van der Waals surface area contributed by atoms with Gasteiger partial charge in [0.1, 0.15) is 6.10 Å². The van der Waals surface area contributed by atoms with Gasteiger partial charge in [0, 0.05) is 25.2 Å². The summed E-state index contributed by atoms with van der Waals surface area (Å²) in [5.41, 5.74) is 0. The summed E-state index contributed by atoms with van der Waals surface area (Å²) in [7, 11) is 0. The summed E-state index contributed by atoms with van der Waals surface area (Å²) in [4.78, 5) is 11.3. The number of hydrogen-bond donors (Lipinski definition) is 1. The molecule has 0 aromatic carbocycles. The summed E-state index contributed by atoms with van der Waals surface area (Å²) in [5, 5.41) is 10.3. The largest absolute Gasteiger partial charge is 0.462 e. The number of aliphatic hydroxyl groups is 1. The van der Waals surface area contributed by atoms with Crippen LogP contribution in [0.2, 0.25) is 0 Å². The van der Waals surface area contributed by atoms with Gasteiger partial charge in [-0.05, 0) is 20.3 Å². The lowest BCUT2D eigenvalue weighted by molar-refractivity contribution is -0.379. The Hall–Kier alpha value is -0.650. The Morgan fingerprint density at radius 1 is 1.10 bits per heavy atom. The van der Waals surface area contributed by atoms with Gasteiger partial charge in [-0.25, -0.2) is 0 Å². The molecule has 116 valence electrons. The van der Waals surface area contributed by atoms with Crippen molar-refractivity contribution in [1.29, 1.82) is 0 Å². The minimum atomic E-state index is -0.880. The summed E-state index contributed by atoms with van der Waals surface area (Å²) >= 11 is 0. The third-order valence-corrected chi connectivity index (χ3v) is 4.63. The molecule has 2 aliphatic rings. The number of rotatable bonds is 1. The molecule has 2 rings (SSSR count). The second-order valence-electron chi connectivity index (χ2n) is 6.34. The van der Waals surface area contributed by atoms with Gasteiger partial charge >= 0.3 is 5.97 Å². The van der Waals surface area contributed by atoms with E-state index in [0.29, 0.717) is 12.8 Å². The van der Waals surface area contributed by atoms with E-state index < -0.39 is 11.9 Å². The molecule has 0 radical (unpaired) electrons. The number of hydrogen-bond acceptors (Lipinski definition) is 5. The van der Waals surface area contributed by atoms with Crippen molar-refractivity contribution in [3.05, 3.63) is 0 Å². The topological polar surface area (TPSA) is 65.0 Å². The SMILES string of the molecule is CC(=O)O[C@@H]1C[C@H](C)O[C@@]2(O[C@@H](C)C[C@@H](O)[C@@H]2C)[C@@H]1C. The Morgan fingerprint density at radius 3 is 2.20 bits per heavy atom. The van der Waals surface area contributed by atoms with Gasteiger partial charge in [0.15, 0.2) is 5.79 Å². The normalized spacial score (nSPS) is 49.1. The molecule has 0 aliphatic carbocycles. The van der Waals surface area contributed by atoms with Crippen molar-refractivity contribution in [3.8, 4) is 0 Å². The summed E-state index contributed by atoms with van der Waals surface area (Å²) in [6.45, 7) is 9.22. The molecule has 0 amide bonds. The van der Waals surface area contributed by atoms with Crippen LogP contribution in [0, 0.1) is 11.8 Å². The van der Waals surface area contributed by atoms with E-state index in [4.69, 9.17) is 14.2 Å². The molecular formula is C15H26O5. The first kappa shape index (κ1) is 15.7. The Kier molecular flexibility index (Phi) is 4.42. The molecule has 0 aromatic heterocycles. The fraction of sp³-hybridized carbons (Fsp3) is 0.933. The van der Waals surface area contributed by atoms with E-state index in [1.54, 1.807) is 0 Å². The van der Waals surface area contributed by atoms with Crippen LogP contribution in [0.5, 0.6) is 0 Å². The van der Waals surface area contributed by atoms with E-state index >= 15 is 0 Å². The molecule has 7 atom stereocenters. The van der Waals surface area contributed by atoms with Crippen LogP contribution in [0.4, 0.5) is 0 Å². The van der Waals surface area contributed by atoms with Crippen LogP contribution < -0.4 is 0 Å². The maximum Gasteiger partial charge on any atom is 0.302 e. The van der Waals surface area contributed by atoms with Crippen molar-refractivity contribution in [3.63, 3.8) is 0 Å². The lowest BCUT2D eigenvalue weighted by atomic mass is 9.75. The predicted molar refractivity (Wildman–Crippen MR) is 72.9 cm³/mol. The van der Waals surface area contributed by atoms with Crippen LogP contribution in [-0.4, -0.2) is 41.3 Å². The van der Waals surface area contributed by atoms with Crippen molar-refractivity contribution < 1.29 is 24.1 Å². The fourth-order valence-corrected chi connectivity index (χ4v) is 3.56. The molecule has 1 spiro atoms. The highest BCUT2D eigenvalue weighted by molar-refractivity contribution is 5.66. The van der Waals surface area contributed by atoms with E-state index in [1.165, 1.54) is 6.92 Å². The minimum Gasteiger partial charge on any atom is -0.462 e. The molecule has 0 bridgehead atoms. The van der Waals surface area contributed by atoms with Gasteiger partial charge < -0.3 is 19.3 Å². The zero-order chi connectivity index (χ0) is 15.1. The number of esters is 1. The standard InChI is InChI=1S/C15H26O5/c1-8-6-13(17)10(3)15(19-8)11(4)14(18-12(5)16)7-9(2)20-15/h8-11,13-14,17H,6-7H2,1-5H3/t8-,9-,10-,11+,13+,14+,15+/m0/s1. The van der Waals surface area contributed by atoms with Crippen LogP contribution in [-0.2, 0) is 19.0 Å². The second kappa shape index (κ2) is 5.62. The molecule has 0 aromatic rings. The van der Waals surface area contributed by atoms with Crippen LogP contribution in [0.1, 0.15) is 47.5 Å². The van der Waals surface area contributed by atoms with Crippen molar-refractivity contribution in [2.45, 2.75) is 77.7 Å². The maximum absolute atomic E-state index is 11.3. The van der Waals surface area contributed by atoms with Gasteiger partial charge in [0.2, 0.25) is 0 Å². The highest BCUT2D eigenvalue weighted by Gasteiger charge is 2.57. The Morgan fingerprint density at radius 2 is 1.65 bits per heavy atom. The molecule has 2 heterocycles. The summed E-state index contributed by atoms with van der Waals surface area (Å²) in [6.07, 6.45) is 0.400. The Balaban J connectivity index is 2.29. The van der Waals surface area contributed by atoms with E-state index in [1.807, 2.05) is 27.7 Å². The number of aliphatic hydroxyl groups excluding tert-OH is 1. The van der Waals surface area contributed by atoms with Crippen molar-refractivity contribution >= 4 is 5.97 Å². The molecule has 1 N–H and O–H groups in total. The monoisotopic (exact) mass is 286 g/mol. The third-order valence-electron chi connectivity index (χ3n) is 4.63. The molecule has 0 saturated carbocycles.